The highest BCUT2D eigenvalue weighted by molar-refractivity contribution is 5.89. The standard InChI is InChI=1S/C27H26N4O2/c1-19-18-30(24(32)16-22-8-2-6-20-10-4-12-28-26(20)22)14-15-31(19)25(33)17-23-9-3-7-21-11-5-13-29-27(21)23/h2-13,19H,14-18H2,1H3/t19-/m0/s1. The van der Waals surface area contributed by atoms with Crippen LogP contribution in [0.1, 0.15) is 18.1 Å². The molecule has 2 amide bonds. The summed E-state index contributed by atoms with van der Waals surface area (Å²) in [5, 5.41) is 2.07. The molecular formula is C27H26N4O2. The maximum atomic E-state index is 13.1. The minimum absolute atomic E-state index is 0.0382. The lowest BCUT2D eigenvalue weighted by Gasteiger charge is -2.40. The number of hydrogen-bond donors (Lipinski definition) is 0. The van der Waals surface area contributed by atoms with E-state index in [1.165, 1.54) is 0 Å². The number of hydrogen-bond acceptors (Lipinski definition) is 4. The van der Waals surface area contributed by atoms with Crippen LogP contribution in [0.4, 0.5) is 0 Å². The molecule has 166 valence electrons. The van der Waals surface area contributed by atoms with Crippen LogP contribution >= 0.6 is 0 Å². The Bertz CT molecular complexity index is 1330. The first-order chi connectivity index (χ1) is 16.1. The highest BCUT2D eigenvalue weighted by Crippen LogP contribution is 2.20. The van der Waals surface area contributed by atoms with Crippen molar-refractivity contribution in [2.45, 2.75) is 25.8 Å². The van der Waals surface area contributed by atoms with Crippen LogP contribution < -0.4 is 0 Å². The van der Waals surface area contributed by atoms with Crippen LogP contribution in [-0.2, 0) is 22.4 Å². The van der Waals surface area contributed by atoms with Crippen molar-refractivity contribution >= 4 is 33.6 Å². The molecule has 1 saturated heterocycles. The first-order valence-corrected chi connectivity index (χ1v) is 11.3. The second-order valence-corrected chi connectivity index (χ2v) is 8.61. The SMILES string of the molecule is C[C@H]1CN(C(=O)Cc2cccc3cccnc23)CCN1C(=O)Cc1cccc2cccnc12. The summed E-state index contributed by atoms with van der Waals surface area (Å²) in [4.78, 5) is 38.9. The zero-order valence-electron chi connectivity index (χ0n) is 18.6. The fourth-order valence-electron chi connectivity index (χ4n) is 4.71. The van der Waals surface area contributed by atoms with Gasteiger partial charge in [0.15, 0.2) is 0 Å². The van der Waals surface area contributed by atoms with E-state index in [4.69, 9.17) is 0 Å². The third-order valence-corrected chi connectivity index (χ3v) is 6.42. The molecule has 0 N–H and O–H groups in total. The summed E-state index contributed by atoms with van der Waals surface area (Å²) in [5.41, 5.74) is 3.62. The maximum Gasteiger partial charge on any atom is 0.227 e. The number of pyridine rings is 2. The molecule has 6 nitrogen and oxygen atoms in total. The van der Waals surface area contributed by atoms with Gasteiger partial charge in [-0.25, -0.2) is 0 Å². The second-order valence-electron chi connectivity index (χ2n) is 8.61. The number of aromatic nitrogens is 2. The average Bonchev–Trinajstić information content (AvgIpc) is 2.84. The van der Waals surface area contributed by atoms with E-state index in [9.17, 15) is 9.59 Å². The molecule has 0 radical (unpaired) electrons. The lowest BCUT2D eigenvalue weighted by molar-refractivity contribution is -0.141. The number of benzene rings is 2. The number of carbonyl (C=O) groups excluding carboxylic acids is 2. The van der Waals surface area contributed by atoms with Gasteiger partial charge in [-0.3, -0.25) is 19.6 Å². The number of nitrogens with zero attached hydrogens (tertiary/aromatic N) is 4. The largest absolute Gasteiger partial charge is 0.339 e. The molecule has 1 fully saturated rings. The lowest BCUT2D eigenvalue weighted by Crippen LogP contribution is -2.56. The topological polar surface area (TPSA) is 66.4 Å². The molecule has 0 unspecified atom stereocenters. The summed E-state index contributed by atoms with van der Waals surface area (Å²) >= 11 is 0. The lowest BCUT2D eigenvalue weighted by atomic mass is 10.0. The van der Waals surface area contributed by atoms with E-state index in [2.05, 4.69) is 9.97 Å². The predicted molar refractivity (Wildman–Crippen MR) is 129 cm³/mol. The Labute approximate surface area is 192 Å². The Hall–Kier alpha value is -3.80. The molecule has 1 aliphatic heterocycles. The number of carbonyl (C=O) groups is 2. The van der Waals surface area contributed by atoms with Crippen molar-refractivity contribution in [1.82, 2.24) is 19.8 Å². The monoisotopic (exact) mass is 438 g/mol. The van der Waals surface area contributed by atoms with E-state index in [0.717, 1.165) is 32.9 Å². The zero-order valence-corrected chi connectivity index (χ0v) is 18.6. The van der Waals surface area contributed by atoms with E-state index in [1.807, 2.05) is 77.4 Å². The Morgan fingerprint density at radius 1 is 0.788 bits per heavy atom. The van der Waals surface area contributed by atoms with Crippen molar-refractivity contribution in [3.63, 3.8) is 0 Å². The Morgan fingerprint density at radius 2 is 1.33 bits per heavy atom. The van der Waals surface area contributed by atoms with Gasteiger partial charge in [-0.15, -0.1) is 0 Å². The van der Waals surface area contributed by atoms with Gasteiger partial charge in [0.2, 0.25) is 11.8 Å². The fraction of sp³-hybridized carbons (Fsp3) is 0.259. The van der Waals surface area contributed by atoms with Gasteiger partial charge < -0.3 is 9.80 Å². The van der Waals surface area contributed by atoms with Gasteiger partial charge in [-0.05, 0) is 30.2 Å². The third-order valence-electron chi connectivity index (χ3n) is 6.42. The number of fused-ring (bicyclic) bond motifs is 2. The minimum atomic E-state index is -0.0382. The zero-order chi connectivity index (χ0) is 22.8. The van der Waals surface area contributed by atoms with Crippen molar-refractivity contribution in [2.75, 3.05) is 19.6 Å². The van der Waals surface area contributed by atoms with Gasteiger partial charge >= 0.3 is 0 Å². The van der Waals surface area contributed by atoms with E-state index in [0.29, 0.717) is 32.5 Å². The van der Waals surface area contributed by atoms with E-state index >= 15 is 0 Å². The van der Waals surface area contributed by atoms with Crippen molar-refractivity contribution in [1.29, 1.82) is 0 Å². The molecule has 33 heavy (non-hydrogen) atoms. The van der Waals surface area contributed by atoms with Gasteiger partial charge in [0, 0.05) is 48.8 Å². The summed E-state index contributed by atoms with van der Waals surface area (Å²) < 4.78 is 0. The summed E-state index contributed by atoms with van der Waals surface area (Å²) in [7, 11) is 0. The molecule has 0 spiro atoms. The van der Waals surface area contributed by atoms with Gasteiger partial charge in [0.25, 0.3) is 0 Å². The molecule has 1 aliphatic rings. The summed E-state index contributed by atoms with van der Waals surface area (Å²) in [6.45, 7) is 3.63. The average molecular weight is 439 g/mol. The first-order valence-electron chi connectivity index (χ1n) is 11.3. The molecule has 4 aromatic rings. The molecule has 5 rings (SSSR count). The summed E-state index contributed by atoms with van der Waals surface area (Å²) in [6, 6.07) is 19.7. The fourth-order valence-corrected chi connectivity index (χ4v) is 4.71. The van der Waals surface area contributed by atoms with Crippen molar-refractivity contribution < 1.29 is 9.59 Å². The Balaban J connectivity index is 1.25. The van der Waals surface area contributed by atoms with Crippen LogP contribution in [0.5, 0.6) is 0 Å². The van der Waals surface area contributed by atoms with Crippen LogP contribution in [0.2, 0.25) is 0 Å². The molecule has 0 saturated carbocycles. The molecular weight excluding hydrogens is 412 g/mol. The molecule has 1 atom stereocenters. The summed E-state index contributed by atoms with van der Waals surface area (Å²) in [6.07, 6.45) is 4.15. The third kappa shape index (κ3) is 4.29. The number of rotatable bonds is 4. The first kappa shape index (κ1) is 21.1. The van der Waals surface area contributed by atoms with Crippen LogP contribution in [0.3, 0.4) is 0 Å². The van der Waals surface area contributed by atoms with Crippen LogP contribution in [0, 0.1) is 0 Å². The minimum Gasteiger partial charge on any atom is -0.339 e. The van der Waals surface area contributed by atoms with Crippen molar-refractivity contribution in [3.05, 3.63) is 84.2 Å². The van der Waals surface area contributed by atoms with Gasteiger partial charge in [0.05, 0.1) is 23.9 Å². The van der Waals surface area contributed by atoms with E-state index < -0.39 is 0 Å². The van der Waals surface area contributed by atoms with Gasteiger partial charge in [-0.2, -0.15) is 0 Å². The molecule has 2 aromatic carbocycles. The smallest absolute Gasteiger partial charge is 0.227 e. The highest BCUT2D eigenvalue weighted by atomic mass is 16.2. The van der Waals surface area contributed by atoms with Gasteiger partial charge in [-0.1, -0.05) is 48.5 Å². The Morgan fingerprint density at radius 3 is 1.91 bits per heavy atom. The number of piperazine rings is 1. The second kappa shape index (κ2) is 8.98. The normalized spacial score (nSPS) is 16.3. The van der Waals surface area contributed by atoms with E-state index in [-0.39, 0.29) is 17.9 Å². The molecule has 0 bridgehead atoms. The van der Waals surface area contributed by atoms with Gasteiger partial charge in [0.1, 0.15) is 0 Å². The number of para-hydroxylation sites is 2. The summed E-state index contributed by atoms with van der Waals surface area (Å²) in [5.74, 6) is 0.149. The van der Waals surface area contributed by atoms with Crippen LogP contribution in [0.25, 0.3) is 21.8 Å². The molecule has 6 heteroatoms. The predicted octanol–water partition coefficient (Wildman–Crippen LogP) is 3.63. The quantitative estimate of drug-likeness (QED) is 0.488. The number of amides is 2. The molecule has 0 aliphatic carbocycles. The van der Waals surface area contributed by atoms with E-state index in [1.54, 1.807) is 12.4 Å². The molecule has 2 aromatic heterocycles. The molecule has 3 heterocycles. The van der Waals surface area contributed by atoms with Crippen LogP contribution in [-0.4, -0.2) is 57.3 Å². The highest BCUT2D eigenvalue weighted by Gasteiger charge is 2.30. The Kier molecular flexibility index (Phi) is 5.73. The maximum absolute atomic E-state index is 13.1. The van der Waals surface area contributed by atoms with Crippen LogP contribution in [0.15, 0.2) is 73.1 Å². The van der Waals surface area contributed by atoms with Crippen molar-refractivity contribution in [2.24, 2.45) is 0 Å². The van der Waals surface area contributed by atoms with Crippen molar-refractivity contribution in [3.8, 4) is 0 Å².